The van der Waals surface area contributed by atoms with Crippen LogP contribution in [0.25, 0.3) is 0 Å². The number of nitrogens with one attached hydrogen (secondary N) is 1. The normalized spacial score (nSPS) is 25.7. The molecule has 114 valence electrons. The van der Waals surface area contributed by atoms with Crippen molar-refractivity contribution in [3.05, 3.63) is 29.8 Å². The number of nitrogens with zero attached hydrogens (tertiary/aromatic N) is 1. The highest BCUT2D eigenvalue weighted by molar-refractivity contribution is 5.81. The maximum absolute atomic E-state index is 12.7. The van der Waals surface area contributed by atoms with E-state index in [1.165, 1.54) is 0 Å². The van der Waals surface area contributed by atoms with E-state index in [9.17, 15) is 4.79 Å². The van der Waals surface area contributed by atoms with E-state index in [0.29, 0.717) is 18.3 Å². The maximum atomic E-state index is 12.7. The van der Waals surface area contributed by atoms with Gasteiger partial charge in [-0.2, -0.15) is 0 Å². The molecule has 2 aliphatic heterocycles. The van der Waals surface area contributed by atoms with Gasteiger partial charge in [0, 0.05) is 26.2 Å². The lowest BCUT2D eigenvalue weighted by atomic mass is 10.0. The van der Waals surface area contributed by atoms with Gasteiger partial charge in [-0.05, 0) is 36.8 Å². The molecule has 0 bridgehead atoms. The second-order valence-electron chi connectivity index (χ2n) is 6.20. The smallest absolute Gasteiger partial charge is 0.263 e. The molecule has 1 unspecified atom stereocenters. The number of likely N-dealkylation sites (tertiary alicyclic amines) is 1. The molecule has 0 radical (unpaired) electrons. The number of hydrogen-bond acceptors (Lipinski definition) is 3. The summed E-state index contributed by atoms with van der Waals surface area (Å²) in [5, 5.41) is 3.41. The number of carbonyl (C=O) groups excluding carboxylic acids is 1. The Bertz CT molecular complexity index is 505. The van der Waals surface area contributed by atoms with Gasteiger partial charge >= 0.3 is 0 Å². The van der Waals surface area contributed by atoms with E-state index in [0.717, 1.165) is 37.5 Å². The fraction of sp³-hybridized carbons (Fsp3) is 0.588. The Balaban J connectivity index is 1.66. The van der Waals surface area contributed by atoms with Crippen molar-refractivity contribution < 1.29 is 9.53 Å². The van der Waals surface area contributed by atoms with Crippen LogP contribution >= 0.6 is 0 Å². The molecule has 0 spiro atoms. The Kier molecular flexibility index (Phi) is 4.15. The highest BCUT2D eigenvalue weighted by Gasteiger charge is 2.40. The molecule has 3 rings (SSSR count). The number of fused-ring (bicyclic) bond motifs is 1. The Morgan fingerprint density at radius 2 is 2.00 bits per heavy atom. The fourth-order valence-electron chi connectivity index (χ4n) is 3.39. The third-order valence-corrected chi connectivity index (χ3v) is 4.71. The molecule has 2 heterocycles. The van der Waals surface area contributed by atoms with Crippen molar-refractivity contribution in [3.63, 3.8) is 0 Å². The molecule has 1 N–H and O–H groups in total. The van der Waals surface area contributed by atoms with Gasteiger partial charge in [0.05, 0.1) is 0 Å². The summed E-state index contributed by atoms with van der Waals surface area (Å²) >= 11 is 0. The Morgan fingerprint density at radius 1 is 1.33 bits per heavy atom. The predicted octanol–water partition coefficient (Wildman–Crippen LogP) is 1.83. The first-order valence-corrected chi connectivity index (χ1v) is 7.90. The van der Waals surface area contributed by atoms with E-state index in [2.05, 4.69) is 5.32 Å². The van der Waals surface area contributed by atoms with Crippen LogP contribution < -0.4 is 10.1 Å². The van der Waals surface area contributed by atoms with E-state index in [4.69, 9.17) is 4.74 Å². The third kappa shape index (κ3) is 2.91. The maximum Gasteiger partial charge on any atom is 0.263 e. The zero-order chi connectivity index (χ0) is 14.8. The van der Waals surface area contributed by atoms with Crippen molar-refractivity contribution in [1.29, 1.82) is 0 Å². The summed E-state index contributed by atoms with van der Waals surface area (Å²) in [5.41, 5.74) is 1.08. The molecule has 3 atom stereocenters. The van der Waals surface area contributed by atoms with Crippen molar-refractivity contribution in [1.82, 2.24) is 10.2 Å². The molecular weight excluding hydrogens is 264 g/mol. The zero-order valence-electron chi connectivity index (χ0n) is 12.8. The van der Waals surface area contributed by atoms with Crippen LogP contribution in [-0.2, 0) is 4.79 Å². The highest BCUT2D eigenvalue weighted by Crippen LogP contribution is 2.28. The van der Waals surface area contributed by atoms with Gasteiger partial charge in [-0.3, -0.25) is 4.79 Å². The number of amides is 1. The minimum absolute atomic E-state index is 0.148. The number of ether oxygens (including phenoxy) is 1. The quantitative estimate of drug-likeness (QED) is 0.919. The van der Waals surface area contributed by atoms with Crippen molar-refractivity contribution in [2.24, 2.45) is 11.8 Å². The van der Waals surface area contributed by atoms with Gasteiger partial charge in [0.25, 0.3) is 5.91 Å². The topological polar surface area (TPSA) is 41.6 Å². The summed E-state index contributed by atoms with van der Waals surface area (Å²) in [7, 11) is 0. The van der Waals surface area contributed by atoms with Crippen molar-refractivity contribution in [2.45, 2.75) is 26.4 Å². The van der Waals surface area contributed by atoms with Crippen LogP contribution in [-0.4, -0.2) is 43.1 Å². The minimum atomic E-state index is -0.363. The number of para-hydroxylation sites is 1. The average molecular weight is 288 g/mol. The van der Waals surface area contributed by atoms with Gasteiger partial charge in [0.2, 0.25) is 0 Å². The van der Waals surface area contributed by atoms with Gasteiger partial charge < -0.3 is 15.0 Å². The lowest BCUT2D eigenvalue weighted by Gasteiger charge is -2.24. The van der Waals surface area contributed by atoms with Gasteiger partial charge in [-0.25, -0.2) is 0 Å². The Labute approximate surface area is 126 Å². The van der Waals surface area contributed by atoms with E-state index in [1.54, 1.807) is 0 Å². The lowest BCUT2D eigenvalue weighted by molar-refractivity contribution is -0.138. The van der Waals surface area contributed by atoms with Crippen LogP contribution in [0.2, 0.25) is 0 Å². The molecule has 2 saturated heterocycles. The van der Waals surface area contributed by atoms with E-state index < -0.39 is 0 Å². The molecule has 4 nitrogen and oxygen atoms in total. The molecule has 4 heteroatoms. The van der Waals surface area contributed by atoms with Gasteiger partial charge in [-0.15, -0.1) is 0 Å². The molecule has 0 saturated carbocycles. The summed E-state index contributed by atoms with van der Waals surface area (Å²) < 4.78 is 5.98. The average Bonchev–Trinajstić information content (AvgIpc) is 3.07. The second-order valence-corrected chi connectivity index (χ2v) is 6.20. The zero-order valence-corrected chi connectivity index (χ0v) is 12.8. The molecule has 1 aromatic rings. The fourth-order valence-corrected chi connectivity index (χ4v) is 3.39. The molecule has 1 aromatic carbocycles. The number of rotatable bonds is 4. The van der Waals surface area contributed by atoms with E-state index >= 15 is 0 Å². The monoisotopic (exact) mass is 288 g/mol. The molecule has 0 aromatic heterocycles. The van der Waals surface area contributed by atoms with Crippen LogP contribution in [0.1, 0.15) is 18.9 Å². The third-order valence-electron chi connectivity index (χ3n) is 4.71. The largest absolute Gasteiger partial charge is 0.480 e. The first-order valence-electron chi connectivity index (χ1n) is 7.90. The predicted molar refractivity (Wildman–Crippen MR) is 82.3 cm³/mol. The van der Waals surface area contributed by atoms with Gasteiger partial charge in [0.1, 0.15) is 5.75 Å². The van der Waals surface area contributed by atoms with Crippen LogP contribution in [0, 0.1) is 18.8 Å². The second kappa shape index (κ2) is 6.06. The summed E-state index contributed by atoms with van der Waals surface area (Å²) in [5.74, 6) is 2.23. The summed E-state index contributed by atoms with van der Waals surface area (Å²) in [6.07, 6.45) is 0.343. The molecule has 21 heavy (non-hydrogen) atoms. The minimum Gasteiger partial charge on any atom is -0.480 e. The first kappa shape index (κ1) is 14.4. The number of hydrogen-bond donors (Lipinski definition) is 1. The number of carbonyl (C=O) groups is 1. The van der Waals surface area contributed by atoms with E-state index in [1.807, 2.05) is 43.0 Å². The van der Waals surface area contributed by atoms with Crippen molar-refractivity contribution in [2.75, 3.05) is 26.2 Å². The first-order chi connectivity index (χ1) is 10.2. The van der Waals surface area contributed by atoms with Crippen molar-refractivity contribution in [3.8, 4) is 5.75 Å². The number of aryl methyl sites for hydroxylation is 1. The van der Waals surface area contributed by atoms with Crippen molar-refractivity contribution >= 4 is 5.91 Å². The summed E-state index contributed by atoms with van der Waals surface area (Å²) in [6, 6.07) is 7.89. The highest BCUT2D eigenvalue weighted by atomic mass is 16.5. The van der Waals surface area contributed by atoms with Crippen LogP contribution in [0.4, 0.5) is 0 Å². The lowest BCUT2D eigenvalue weighted by Crippen LogP contribution is -2.41. The van der Waals surface area contributed by atoms with E-state index in [-0.39, 0.29) is 12.0 Å². The molecule has 2 fully saturated rings. The molecule has 1 amide bonds. The molecule has 2 aliphatic rings. The summed E-state index contributed by atoms with van der Waals surface area (Å²) in [6.45, 7) is 7.87. The van der Waals surface area contributed by atoms with Crippen LogP contribution in [0.5, 0.6) is 5.75 Å². The molecular formula is C17H24N2O2. The van der Waals surface area contributed by atoms with Gasteiger partial charge in [0.15, 0.2) is 6.10 Å². The Hall–Kier alpha value is -1.55. The standard InChI is InChI=1S/C17H24N2O2/c1-3-15(21-16-7-5-4-6-12(16)2)17(20)19-10-13-8-18-9-14(13)11-19/h4-7,13-15,18H,3,8-11H2,1-2H3/t13-,14+,15?. The van der Waals surface area contributed by atoms with Gasteiger partial charge in [-0.1, -0.05) is 25.1 Å². The number of benzene rings is 1. The summed E-state index contributed by atoms with van der Waals surface area (Å²) in [4.78, 5) is 14.7. The van der Waals surface area contributed by atoms with Crippen LogP contribution in [0.15, 0.2) is 24.3 Å². The molecule has 0 aliphatic carbocycles. The van der Waals surface area contributed by atoms with Crippen LogP contribution in [0.3, 0.4) is 0 Å². The SMILES string of the molecule is CCC(Oc1ccccc1C)C(=O)N1C[C@H]2CNC[C@H]2C1. The Morgan fingerprint density at radius 3 is 2.62 bits per heavy atom.